The summed E-state index contributed by atoms with van der Waals surface area (Å²) in [6.45, 7) is 10.0. The zero-order valence-electron chi connectivity index (χ0n) is 14.2. The fourth-order valence-corrected chi connectivity index (χ4v) is 3.54. The molecule has 6 heteroatoms. The molecule has 0 unspecified atom stereocenters. The molecule has 0 atom stereocenters. The van der Waals surface area contributed by atoms with Crippen LogP contribution in [0.2, 0.25) is 10.0 Å². The number of aromatic nitrogens is 3. The molecule has 2 heterocycles. The van der Waals surface area contributed by atoms with E-state index in [1.54, 1.807) is 6.07 Å². The van der Waals surface area contributed by atoms with Gasteiger partial charge in [-0.2, -0.15) is 0 Å². The minimum absolute atomic E-state index is 0.603. The molecule has 0 saturated carbocycles. The maximum atomic E-state index is 6.41. The van der Waals surface area contributed by atoms with Crippen molar-refractivity contribution in [1.29, 1.82) is 0 Å². The monoisotopic (exact) mass is 362 g/mol. The van der Waals surface area contributed by atoms with E-state index in [-0.39, 0.29) is 0 Å². The maximum Gasteiger partial charge on any atom is 0.142 e. The zero-order valence-corrected chi connectivity index (χ0v) is 15.8. The van der Waals surface area contributed by atoms with E-state index in [1.807, 2.05) is 26.0 Å². The van der Waals surface area contributed by atoms with Crippen LogP contribution < -0.4 is 4.90 Å². The fourth-order valence-electron chi connectivity index (χ4n) is 3.03. The molecule has 0 aliphatic rings. The number of fused-ring (bicyclic) bond motifs is 1. The Labute approximate surface area is 151 Å². The average molecular weight is 363 g/mol. The number of aromatic amines is 1. The summed E-state index contributed by atoms with van der Waals surface area (Å²) in [5, 5.41) is 2.27. The summed E-state index contributed by atoms with van der Waals surface area (Å²) in [6, 6.07) is 5.51. The van der Waals surface area contributed by atoms with Crippen LogP contribution in [0, 0.1) is 13.8 Å². The van der Waals surface area contributed by atoms with Crippen LogP contribution in [0.25, 0.3) is 22.2 Å². The Bertz CT molecular complexity index is 898. The number of hydrogen-bond acceptors (Lipinski definition) is 3. The molecule has 3 rings (SSSR count). The van der Waals surface area contributed by atoms with Crippen LogP contribution in [-0.4, -0.2) is 28.0 Å². The van der Waals surface area contributed by atoms with E-state index >= 15 is 0 Å². The Morgan fingerprint density at radius 1 is 1.08 bits per heavy atom. The average Bonchev–Trinajstić information content (AvgIpc) is 2.85. The minimum atomic E-state index is 0.603. The summed E-state index contributed by atoms with van der Waals surface area (Å²) in [7, 11) is 0. The van der Waals surface area contributed by atoms with Crippen molar-refractivity contribution in [2.75, 3.05) is 18.0 Å². The molecule has 0 aliphatic heterocycles. The van der Waals surface area contributed by atoms with Crippen molar-refractivity contribution in [2.45, 2.75) is 27.7 Å². The second kappa shape index (κ2) is 6.61. The van der Waals surface area contributed by atoms with Crippen molar-refractivity contribution >= 4 is 39.9 Å². The van der Waals surface area contributed by atoms with Gasteiger partial charge in [-0.3, -0.25) is 0 Å². The number of rotatable bonds is 4. The molecule has 3 aromatic rings. The van der Waals surface area contributed by atoms with E-state index in [9.17, 15) is 0 Å². The molecule has 1 aromatic carbocycles. The van der Waals surface area contributed by atoms with Crippen LogP contribution in [0.5, 0.6) is 0 Å². The van der Waals surface area contributed by atoms with Gasteiger partial charge < -0.3 is 9.88 Å². The number of nitrogens with one attached hydrogen (secondary N) is 1. The summed E-state index contributed by atoms with van der Waals surface area (Å²) in [5.41, 5.74) is 3.73. The Kier molecular flexibility index (Phi) is 4.70. The van der Waals surface area contributed by atoms with Gasteiger partial charge in [0.05, 0.1) is 16.1 Å². The lowest BCUT2D eigenvalue weighted by atomic mass is 10.1. The molecule has 24 heavy (non-hydrogen) atoms. The van der Waals surface area contributed by atoms with Crippen molar-refractivity contribution < 1.29 is 0 Å². The third kappa shape index (κ3) is 2.85. The number of benzene rings is 1. The molecule has 126 valence electrons. The molecule has 0 bridgehead atoms. The van der Waals surface area contributed by atoms with Gasteiger partial charge in [-0.1, -0.05) is 23.2 Å². The molecule has 4 nitrogen and oxygen atoms in total. The lowest BCUT2D eigenvalue weighted by molar-refractivity contribution is 0.842. The predicted octanol–water partition coefficient (Wildman–Crippen LogP) is 5.39. The van der Waals surface area contributed by atoms with Crippen LogP contribution in [0.15, 0.2) is 18.2 Å². The van der Waals surface area contributed by atoms with E-state index in [1.165, 1.54) is 0 Å². The van der Waals surface area contributed by atoms with Gasteiger partial charge in [0.1, 0.15) is 17.2 Å². The SMILES string of the molecule is CCN(CC)c1nc(C)nc2c(-c3ccc(Cl)cc3Cl)[nH]c(C)c12. The van der Waals surface area contributed by atoms with E-state index in [4.69, 9.17) is 23.2 Å². The van der Waals surface area contributed by atoms with Gasteiger partial charge in [-0.05, 0) is 45.9 Å². The number of anilines is 1. The zero-order chi connectivity index (χ0) is 17.4. The third-order valence-corrected chi connectivity index (χ3v) is 4.74. The lowest BCUT2D eigenvalue weighted by Gasteiger charge is -2.21. The highest BCUT2D eigenvalue weighted by Gasteiger charge is 2.20. The smallest absolute Gasteiger partial charge is 0.142 e. The number of hydrogen-bond donors (Lipinski definition) is 1. The molecule has 0 saturated heterocycles. The topological polar surface area (TPSA) is 44.8 Å². The van der Waals surface area contributed by atoms with Crippen LogP contribution in [0.3, 0.4) is 0 Å². The van der Waals surface area contributed by atoms with Gasteiger partial charge in [0, 0.05) is 29.4 Å². The summed E-state index contributed by atoms with van der Waals surface area (Å²) in [4.78, 5) is 15.1. The normalized spacial score (nSPS) is 11.2. The molecule has 0 amide bonds. The van der Waals surface area contributed by atoms with Crippen molar-refractivity contribution in [3.8, 4) is 11.3 Å². The molecule has 1 N–H and O–H groups in total. The highest BCUT2D eigenvalue weighted by Crippen LogP contribution is 2.37. The van der Waals surface area contributed by atoms with E-state index in [0.29, 0.717) is 10.0 Å². The summed E-state index contributed by atoms with van der Waals surface area (Å²) < 4.78 is 0. The first kappa shape index (κ1) is 17.1. The second-order valence-corrected chi connectivity index (χ2v) is 6.58. The molecule has 0 aliphatic carbocycles. The van der Waals surface area contributed by atoms with E-state index < -0.39 is 0 Å². The highest BCUT2D eigenvalue weighted by molar-refractivity contribution is 6.36. The van der Waals surface area contributed by atoms with Gasteiger partial charge in [0.2, 0.25) is 0 Å². The standard InChI is InChI=1S/C18H20Cl2N4/c1-5-24(6-2)18-15-10(3)21-16(17(15)22-11(4)23-18)13-8-7-12(19)9-14(13)20/h7-9,21H,5-6H2,1-4H3. The number of nitrogens with zero attached hydrogens (tertiary/aromatic N) is 3. The Hall–Kier alpha value is -1.78. The molecular formula is C18H20Cl2N4. The van der Waals surface area contributed by atoms with Crippen LogP contribution in [0.4, 0.5) is 5.82 Å². The van der Waals surface area contributed by atoms with Crippen molar-refractivity contribution in [2.24, 2.45) is 0 Å². The van der Waals surface area contributed by atoms with Gasteiger partial charge in [-0.25, -0.2) is 9.97 Å². The second-order valence-electron chi connectivity index (χ2n) is 5.74. The van der Waals surface area contributed by atoms with Crippen molar-refractivity contribution in [3.05, 3.63) is 39.8 Å². The number of aryl methyl sites for hydroxylation is 2. The van der Waals surface area contributed by atoms with E-state index in [0.717, 1.165) is 52.6 Å². The summed E-state index contributed by atoms with van der Waals surface area (Å²) in [6.07, 6.45) is 0. The molecular weight excluding hydrogens is 343 g/mol. The third-order valence-electron chi connectivity index (χ3n) is 4.19. The Balaban J connectivity index is 2.32. The van der Waals surface area contributed by atoms with E-state index in [2.05, 4.69) is 33.7 Å². The Morgan fingerprint density at radius 3 is 2.42 bits per heavy atom. The molecule has 0 radical (unpaired) electrons. The summed E-state index contributed by atoms with van der Waals surface area (Å²) in [5.74, 6) is 1.71. The van der Waals surface area contributed by atoms with Crippen LogP contribution in [0.1, 0.15) is 25.4 Å². The predicted molar refractivity (Wildman–Crippen MR) is 102 cm³/mol. The molecule has 0 fully saturated rings. The number of halogens is 2. The molecule has 0 spiro atoms. The quantitative estimate of drug-likeness (QED) is 0.675. The molecule has 2 aromatic heterocycles. The lowest BCUT2D eigenvalue weighted by Crippen LogP contribution is -2.23. The maximum absolute atomic E-state index is 6.41. The number of H-pyrrole nitrogens is 1. The van der Waals surface area contributed by atoms with Gasteiger partial charge in [0.15, 0.2) is 0 Å². The van der Waals surface area contributed by atoms with Crippen LogP contribution in [-0.2, 0) is 0 Å². The fraction of sp³-hybridized carbons (Fsp3) is 0.333. The largest absolute Gasteiger partial charge is 0.356 e. The van der Waals surface area contributed by atoms with Crippen molar-refractivity contribution in [3.63, 3.8) is 0 Å². The van der Waals surface area contributed by atoms with Gasteiger partial charge >= 0.3 is 0 Å². The van der Waals surface area contributed by atoms with Gasteiger partial charge in [0.25, 0.3) is 0 Å². The first-order chi connectivity index (χ1) is 11.5. The Morgan fingerprint density at radius 2 is 1.79 bits per heavy atom. The van der Waals surface area contributed by atoms with Crippen LogP contribution >= 0.6 is 23.2 Å². The van der Waals surface area contributed by atoms with Crippen molar-refractivity contribution in [1.82, 2.24) is 15.0 Å². The minimum Gasteiger partial charge on any atom is -0.356 e. The first-order valence-electron chi connectivity index (χ1n) is 8.03. The first-order valence-corrected chi connectivity index (χ1v) is 8.79. The van der Waals surface area contributed by atoms with Gasteiger partial charge in [-0.15, -0.1) is 0 Å². The summed E-state index contributed by atoms with van der Waals surface area (Å²) >= 11 is 12.4. The highest BCUT2D eigenvalue weighted by atomic mass is 35.5.